The standard InChI is InChI=1S/C16H20FNO7/c1-4-24-15(19)14(16(20)25-5-2)12(9-18(21)22)11-7-6-10(23-3)8-13(11)17/h6-8,12,14H,4-5,9H2,1-3H3. The van der Waals surface area contributed by atoms with Crippen molar-refractivity contribution in [2.45, 2.75) is 19.8 Å². The molecule has 0 saturated carbocycles. The maximum absolute atomic E-state index is 14.4. The summed E-state index contributed by atoms with van der Waals surface area (Å²) in [5.41, 5.74) is -0.163. The van der Waals surface area contributed by atoms with Gasteiger partial charge >= 0.3 is 11.9 Å². The Bertz CT molecular complexity index is 617. The number of rotatable bonds is 9. The van der Waals surface area contributed by atoms with Crippen LogP contribution in [0.3, 0.4) is 0 Å². The van der Waals surface area contributed by atoms with Gasteiger partial charge in [-0.3, -0.25) is 19.7 Å². The van der Waals surface area contributed by atoms with E-state index in [9.17, 15) is 24.1 Å². The van der Waals surface area contributed by atoms with E-state index in [0.717, 1.165) is 6.07 Å². The molecule has 0 radical (unpaired) electrons. The molecule has 25 heavy (non-hydrogen) atoms. The number of nitrogens with zero attached hydrogens (tertiary/aromatic N) is 1. The first-order chi connectivity index (χ1) is 11.8. The Morgan fingerprint density at radius 3 is 2.16 bits per heavy atom. The van der Waals surface area contributed by atoms with Crippen LogP contribution in [0.15, 0.2) is 18.2 Å². The molecule has 0 amide bonds. The van der Waals surface area contributed by atoms with Crippen LogP contribution in [0, 0.1) is 21.8 Å². The van der Waals surface area contributed by atoms with Gasteiger partial charge < -0.3 is 14.2 Å². The molecule has 8 nitrogen and oxygen atoms in total. The summed E-state index contributed by atoms with van der Waals surface area (Å²) in [6.45, 7) is 2.13. The van der Waals surface area contributed by atoms with Crippen molar-refractivity contribution in [2.24, 2.45) is 5.92 Å². The topological polar surface area (TPSA) is 105 Å². The highest BCUT2D eigenvalue weighted by Gasteiger charge is 2.42. The smallest absolute Gasteiger partial charge is 0.321 e. The molecule has 0 fully saturated rings. The van der Waals surface area contributed by atoms with E-state index in [2.05, 4.69) is 0 Å². The van der Waals surface area contributed by atoms with Gasteiger partial charge in [-0.15, -0.1) is 0 Å². The van der Waals surface area contributed by atoms with Crippen LogP contribution in [0.5, 0.6) is 5.75 Å². The second kappa shape index (κ2) is 9.55. The highest BCUT2D eigenvalue weighted by atomic mass is 19.1. The minimum Gasteiger partial charge on any atom is -0.497 e. The lowest BCUT2D eigenvalue weighted by Gasteiger charge is -2.22. The highest BCUT2D eigenvalue weighted by molar-refractivity contribution is 5.96. The summed E-state index contributed by atoms with van der Waals surface area (Å²) in [5, 5.41) is 11.0. The molecular formula is C16H20FNO7. The van der Waals surface area contributed by atoms with Crippen molar-refractivity contribution < 1.29 is 33.1 Å². The fourth-order valence-electron chi connectivity index (χ4n) is 2.37. The van der Waals surface area contributed by atoms with Crippen molar-refractivity contribution >= 4 is 11.9 Å². The zero-order valence-corrected chi connectivity index (χ0v) is 14.2. The molecule has 1 aromatic rings. The Kier molecular flexibility index (Phi) is 7.77. The van der Waals surface area contributed by atoms with E-state index in [1.54, 1.807) is 0 Å². The van der Waals surface area contributed by atoms with E-state index in [1.165, 1.54) is 33.1 Å². The Balaban J connectivity index is 3.38. The van der Waals surface area contributed by atoms with E-state index < -0.39 is 41.1 Å². The Labute approximate surface area is 144 Å². The van der Waals surface area contributed by atoms with Crippen molar-refractivity contribution in [2.75, 3.05) is 26.9 Å². The molecule has 1 atom stereocenters. The summed E-state index contributed by atoms with van der Waals surface area (Å²) in [7, 11) is 1.34. The lowest BCUT2D eigenvalue weighted by Crippen LogP contribution is -2.36. The van der Waals surface area contributed by atoms with Crippen LogP contribution in [-0.2, 0) is 19.1 Å². The fourth-order valence-corrected chi connectivity index (χ4v) is 2.37. The van der Waals surface area contributed by atoms with Gasteiger partial charge in [0.15, 0.2) is 5.92 Å². The fraction of sp³-hybridized carbons (Fsp3) is 0.500. The molecule has 138 valence electrons. The number of hydrogen-bond donors (Lipinski definition) is 0. The maximum atomic E-state index is 14.4. The van der Waals surface area contributed by atoms with Crippen LogP contribution in [-0.4, -0.2) is 43.7 Å². The van der Waals surface area contributed by atoms with Crippen LogP contribution >= 0.6 is 0 Å². The van der Waals surface area contributed by atoms with Gasteiger partial charge in [0.05, 0.1) is 26.2 Å². The first-order valence-electron chi connectivity index (χ1n) is 7.64. The van der Waals surface area contributed by atoms with Crippen LogP contribution < -0.4 is 4.74 Å². The quantitative estimate of drug-likeness (QED) is 0.288. The summed E-state index contributed by atoms with van der Waals surface area (Å²) < 4.78 is 28.9. The molecule has 1 aromatic carbocycles. The Hall–Kier alpha value is -2.71. The first-order valence-corrected chi connectivity index (χ1v) is 7.64. The minimum atomic E-state index is -1.65. The number of halogens is 1. The van der Waals surface area contributed by atoms with Crippen molar-refractivity contribution in [1.82, 2.24) is 0 Å². The molecule has 1 unspecified atom stereocenters. The van der Waals surface area contributed by atoms with E-state index in [1.807, 2.05) is 0 Å². The summed E-state index contributed by atoms with van der Waals surface area (Å²) in [5.74, 6) is -5.65. The monoisotopic (exact) mass is 357 g/mol. The molecule has 0 spiro atoms. The molecule has 0 aromatic heterocycles. The molecular weight excluding hydrogens is 337 g/mol. The Morgan fingerprint density at radius 1 is 1.20 bits per heavy atom. The van der Waals surface area contributed by atoms with Crippen molar-refractivity contribution in [3.8, 4) is 5.75 Å². The van der Waals surface area contributed by atoms with Crippen molar-refractivity contribution in [1.29, 1.82) is 0 Å². The molecule has 9 heteroatoms. The van der Waals surface area contributed by atoms with Gasteiger partial charge in [-0.1, -0.05) is 6.07 Å². The van der Waals surface area contributed by atoms with Crippen LogP contribution in [0.1, 0.15) is 25.3 Å². The predicted molar refractivity (Wildman–Crippen MR) is 84.3 cm³/mol. The molecule has 0 heterocycles. The lowest BCUT2D eigenvalue weighted by molar-refractivity contribution is -0.484. The molecule has 0 aliphatic heterocycles. The molecule has 0 bridgehead atoms. The largest absolute Gasteiger partial charge is 0.497 e. The number of nitro groups is 1. The molecule has 1 rings (SSSR count). The zero-order valence-electron chi connectivity index (χ0n) is 14.2. The third-order valence-electron chi connectivity index (χ3n) is 3.44. The lowest BCUT2D eigenvalue weighted by atomic mass is 9.85. The minimum absolute atomic E-state index is 0.0367. The molecule has 0 saturated heterocycles. The molecule has 0 aliphatic carbocycles. The van der Waals surface area contributed by atoms with Crippen molar-refractivity contribution in [3.05, 3.63) is 39.7 Å². The highest BCUT2D eigenvalue weighted by Crippen LogP contribution is 2.31. The second-order valence-corrected chi connectivity index (χ2v) is 4.99. The van der Waals surface area contributed by atoms with Crippen LogP contribution in [0.2, 0.25) is 0 Å². The van der Waals surface area contributed by atoms with Gasteiger partial charge in [0.1, 0.15) is 11.6 Å². The zero-order chi connectivity index (χ0) is 19.0. The number of methoxy groups -OCH3 is 1. The third-order valence-corrected chi connectivity index (χ3v) is 3.44. The second-order valence-electron chi connectivity index (χ2n) is 4.99. The SMILES string of the molecule is CCOC(=O)C(C(=O)OCC)C(C[N+](=O)[O-])c1ccc(OC)cc1F. The number of carbonyl (C=O) groups is 2. The third kappa shape index (κ3) is 5.40. The van der Waals surface area contributed by atoms with Crippen molar-refractivity contribution in [3.63, 3.8) is 0 Å². The first kappa shape index (κ1) is 20.3. The van der Waals surface area contributed by atoms with Gasteiger partial charge in [0.25, 0.3) is 0 Å². The van der Waals surface area contributed by atoms with Crippen LogP contribution in [0.4, 0.5) is 4.39 Å². The van der Waals surface area contributed by atoms with E-state index in [0.29, 0.717) is 0 Å². The summed E-state index contributed by atoms with van der Waals surface area (Å²) in [6, 6.07) is 3.65. The Morgan fingerprint density at radius 2 is 1.76 bits per heavy atom. The number of benzene rings is 1. The summed E-state index contributed by atoms with van der Waals surface area (Å²) in [4.78, 5) is 34.7. The average Bonchev–Trinajstić information content (AvgIpc) is 2.54. The molecule has 0 aliphatic rings. The van der Waals surface area contributed by atoms with Gasteiger partial charge in [-0.2, -0.15) is 0 Å². The van der Waals surface area contributed by atoms with E-state index in [4.69, 9.17) is 14.2 Å². The van der Waals surface area contributed by atoms with E-state index in [-0.39, 0.29) is 24.5 Å². The van der Waals surface area contributed by atoms with Gasteiger partial charge in [-0.05, 0) is 25.5 Å². The normalized spacial score (nSPS) is 11.7. The van der Waals surface area contributed by atoms with Crippen LogP contribution in [0.25, 0.3) is 0 Å². The van der Waals surface area contributed by atoms with Gasteiger partial charge in [0, 0.05) is 11.0 Å². The van der Waals surface area contributed by atoms with Gasteiger partial charge in [0.2, 0.25) is 6.54 Å². The summed E-state index contributed by atoms with van der Waals surface area (Å²) in [6.07, 6.45) is 0. The van der Waals surface area contributed by atoms with E-state index >= 15 is 0 Å². The summed E-state index contributed by atoms with van der Waals surface area (Å²) >= 11 is 0. The average molecular weight is 357 g/mol. The number of hydrogen-bond acceptors (Lipinski definition) is 7. The number of carbonyl (C=O) groups excluding carboxylic acids is 2. The number of ether oxygens (including phenoxy) is 3. The molecule has 0 N–H and O–H groups in total. The number of esters is 2. The van der Waals surface area contributed by atoms with Gasteiger partial charge in [-0.25, -0.2) is 4.39 Å². The maximum Gasteiger partial charge on any atom is 0.321 e. The predicted octanol–water partition coefficient (Wildman–Crippen LogP) is 1.94.